The van der Waals surface area contributed by atoms with Crippen molar-refractivity contribution in [2.24, 2.45) is 11.7 Å². The molecule has 1 heterocycles. The van der Waals surface area contributed by atoms with Gasteiger partial charge in [-0.25, -0.2) is 0 Å². The molecule has 3 N–H and O–H groups in total. The van der Waals surface area contributed by atoms with Gasteiger partial charge in [0.2, 0.25) is 6.10 Å². The number of benzene rings is 1. The summed E-state index contributed by atoms with van der Waals surface area (Å²) in [7, 11) is 0. The molecule has 5 nitrogen and oxygen atoms in total. The first kappa shape index (κ1) is 14.7. The number of hydrogen-bond donors (Lipinski definition) is 2. The summed E-state index contributed by atoms with van der Waals surface area (Å²) < 4.78 is 11.2. The van der Waals surface area contributed by atoms with Crippen LogP contribution in [0, 0.1) is 5.92 Å². The molecule has 0 radical (unpaired) electrons. The minimum atomic E-state index is -0.572. The van der Waals surface area contributed by atoms with E-state index in [-0.39, 0.29) is 12.5 Å². The highest BCUT2D eigenvalue weighted by atomic mass is 16.6. The summed E-state index contributed by atoms with van der Waals surface area (Å²) in [5.74, 6) is 1.68. The summed E-state index contributed by atoms with van der Waals surface area (Å²) in [6.45, 7) is 3.69. The zero-order valence-electron chi connectivity index (χ0n) is 11.8. The number of fused-ring (bicyclic) bond motifs is 1. The summed E-state index contributed by atoms with van der Waals surface area (Å²) in [6.07, 6.45) is 1.37. The van der Waals surface area contributed by atoms with Gasteiger partial charge in [-0.05, 0) is 37.4 Å². The van der Waals surface area contributed by atoms with Crippen LogP contribution in [0.1, 0.15) is 19.8 Å². The molecule has 2 unspecified atom stereocenters. The molecule has 1 aromatic rings. The number of hydrogen-bond acceptors (Lipinski definition) is 4. The number of nitrogens with two attached hydrogens (primary N) is 1. The highest BCUT2D eigenvalue weighted by Crippen LogP contribution is 2.30. The molecule has 0 spiro atoms. The summed E-state index contributed by atoms with van der Waals surface area (Å²) in [5.41, 5.74) is 5.55. The predicted molar refractivity (Wildman–Crippen MR) is 76.8 cm³/mol. The Morgan fingerprint density at radius 2 is 2.20 bits per heavy atom. The average Bonchev–Trinajstić information content (AvgIpc) is 2.50. The Morgan fingerprint density at radius 3 is 2.95 bits per heavy atom. The Morgan fingerprint density at radius 1 is 1.45 bits per heavy atom. The molecule has 2 atom stereocenters. The minimum Gasteiger partial charge on any atom is -0.485 e. The third kappa shape index (κ3) is 3.87. The fourth-order valence-electron chi connectivity index (χ4n) is 2.04. The van der Waals surface area contributed by atoms with Gasteiger partial charge < -0.3 is 20.5 Å². The summed E-state index contributed by atoms with van der Waals surface area (Å²) in [5, 5.41) is 2.88. The van der Waals surface area contributed by atoms with Crippen molar-refractivity contribution in [3.63, 3.8) is 0 Å². The average molecular weight is 278 g/mol. The highest BCUT2D eigenvalue weighted by Gasteiger charge is 2.26. The lowest BCUT2D eigenvalue weighted by Gasteiger charge is -2.25. The maximum Gasteiger partial charge on any atom is 0.264 e. The van der Waals surface area contributed by atoms with E-state index < -0.39 is 6.10 Å². The number of nitrogens with one attached hydrogen (secondary N) is 1. The van der Waals surface area contributed by atoms with Gasteiger partial charge in [-0.2, -0.15) is 0 Å². The van der Waals surface area contributed by atoms with Gasteiger partial charge in [-0.1, -0.05) is 19.1 Å². The maximum absolute atomic E-state index is 12.0. The quantitative estimate of drug-likeness (QED) is 0.770. The van der Waals surface area contributed by atoms with Crippen LogP contribution >= 0.6 is 0 Å². The van der Waals surface area contributed by atoms with Gasteiger partial charge in [0, 0.05) is 6.54 Å². The lowest BCUT2D eigenvalue weighted by Crippen LogP contribution is -2.44. The third-order valence-corrected chi connectivity index (χ3v) is 3.38. The lowest BCUT2D eigenvalue weighted by atomic mass is 10.1. The second-order valence-electron chi connectivity index (χ2n) is 5.14. The molecule has 1 aliphatic rings. The van der Waals surface area contributed by atoms with Crippen molar-refractivity contribution in [2.75, 3.05) is 19.7 Å². The van der Waals surface area contributed by atoms with Gasteiger partial charge in [0.1, 0.15) is 6.61 Å². The number of carbonyl (C=O) groups excluding carboxylic acids is 1. The molecule has 0 bridgehead atoms. The van der Waals surface area contributed by atoms with Crippen molar-refractivity contribution < 1.29 is 14.3 Å². The van der Waals surface area contributed by atoms with E-state index in [1.54, 1.807) is 6.07 Å². The lowest BCUT2D eigenvalue weighted by molar-refractivity contribution is -0.130. The number of para-hydroxylation sites is 2. The second-order valence-corrected chi connectivity index (χ2v) is 5.14. The van der Waals surface area contributed by atoms with Crippen molar-refractivity contribution in [3.8, 4) is 11.5 Å². The van der Waals surface area contributed by atoms with E-state index in [4.69, 9.17) is 15.2 Å². The fraction of sp³-hybridized carbons (Fsp3) is 0.533. The van der Waals surface area contributed by atoms with Gasteiger partial charge in [0.15, 0.2) is 11.5 Å². The van der Waals surface area contributed by atoms with Gasteiger partial charge in [0.25, 0.3) is 5.91 Å². The first-order valence-corrected chi connectivity index (χ1v) is 7.07. The van der Waals surface area contributed by atoms with Crippen molar-refractivity contribution in [1.82, 2.24) is 5.32 Å². The standard InChI is InChI=1S/C15H22N2O3/c1-11(9-16)5-4-8-17-15(18)14-10-19-12-6-2-3-7-13(12)20-14/h2-3,6-7,11,14H,4-5,8-10,16H2,1H3,(H,17,18). The van der Waals surface area contributed by atoms with Crippen LogP contribution in [-0.4, -0.2) is 31.7 Å². The molecule has 0 fully saturated rings. The van der Waals surface area contributed by atoms with Crippen molar-refractivity contribution >= 4 is 5.91 Å². The number of carbonyl (C=O) groups is 1. The van der Waals surface area contributed by atoms with Gasteiger partial charge >= 0.3 is 0 Å². The van der Waals surface area contributed by atoms with Crippen molar-refractivity contribution in [1.29, 1.82) is 0 Å². The topological polar surface area (TPSA) is 73.6 Å². The van der Waals surface area contributed by atoms with Crippen LogP contribution in [0.15, 0.2) is 24.3 Å². The Bertz CT molecular complexity index is 450. The molecule has 0 saturated carbocycles. The van der Waals surface area contributed by atoms with Gasteiger partial charge in [-0.15, -0.1) is 0 Å². The van der Waals surface area contributed by atoms with Gasteiger partial charge in [-0.3, -0.25) is 4.79 Å². The Labute approximate surface area is 119 Å². The zero-order chi connectivity index (χ0) is 14.4. The summed E-state index contributed by atoms with van der Waals surface area (Å²) >= 11 is 0. The van der Waals surface area contributed by atoms with E-state index in [1.165, 1.54) is 0 Å². The van der Waals surface area contributed by atoms with E-state index in [0.29, 0.717) is 30.5 Å². The number of amides is 1. The van der Waals surface area contributed by atoms with E-state index in [2.05, 4.69) is 12.2 Å². The second kappa shape index (κ2) is 7.14. The normalized spacial score (nSPS) is 18.4. The Kier molecular flexibility index (Phi) is 5.24. The van der Waals surface area contributed by atoms with Crippen LogP contribution in [0.25, 0.3) is 0 Å². The molecule has 110 valence electrons. The minimum absolute atomic E-state index is 0.125. The molecule has 1 amide bonds. The van der Waals surface area contributed by atoms with Crippen molar-refractivity contribution in [3.05, 3.63) is 24.3 Å². The molecule has 1 aromatic carbocycles. The highest BCUT2D eigenvalue weighted by molar-refractivity contribution is 5.81. The SMILES string of the molecule is CC(CN)CCCNC(=O)C1COc2ccccc2O1. The summed E-state index contributed by atoms with van der Waals surface area (Å²) in [4.78, 5) is 12.0. The number of rotatable bonds is 6. The smallest absolute Gasteiger partial charge is 0.264 e. The first-order chi connectivity index (χ1) is 9.70. The van der Waals surface area contributed by atoms with E-state index in [1.807, 2.05) is 18.2 Å². The molecule has 0 saturated heterocycles. The Hall–Kier alpha value is -1.75. The number of ether oxygens (including phenoxy) is 2. The zero-order valence-corrected chi connectivity index (χ0v) is 11.8. The molecule has 1 aliphatic heterocycles. The molecular formula is C15H22N2O3. The maximum atomic E-state index is 12.0. The molecule has 5 heteroatoms. The first-order valence-electron chi connectivity index (χ1n) is 7.07. The summed E-state index contributed by atoms with van der Waals surface area (Å²) in [6, 6.07) is 7.37. The van der Waals surface area contributed by atoms with E-state index in [0.717, 1.165) is 12.8 Å². The van der Waals surface area contributed by atoms with Crippen LogP contribution in [0.3, 0.4) is 0 Å². The fourth-order valence-corrected chi connectivity index (χ4v) is 2.04. The van der Waals surface area contributed by atoms with Crippen LogP contribution in [0.2, 0.25) is 0 Å². The van der Waals surface area contributed by atoms with Crippen LogP contribution in [0.5, 0.6) is 11.5 Å². The molecule has 0 aliphatic carbocycles. The molecular weight excluding hydrogens is 256 g/mol. The van der Waals surface area contributed by atoms with Crippen molar-refractivity contribution in [2.45, 2.75) is 25.9 Å². The van der Waals surface area contributed by atoms with Crippen LogP contribution in [-0.2, 0) is 4.79 Å². The van der Waals surface area contributed by atoms with E-state index >= 15 is 0 Å². The molecule has 20 heavy (non-hydrogen) atoms. The monoisotopic (exact) mass is 278 g/mol. The Balaban J connectivity index is 1.74. The predicted octanol–water partition coefficient (Wildman–Crippen LogP) is 1.32. The third-order valence-electron chi connectivity index (χ3n) is 3.38. The van der Waals surface area contributed by atoms with Gasteiger partial charge in [0.05, 0.1) is 0 Å². The molecule has 0 aromatic heterocycles. The van der Waals surface area contributed by atoms with Crippen LogP contribution < -0.4 is 20.5 Å². The largest absolute Gasteiger partial charge is 0.485 e. The molecule has 2 rings (SSSR count). The van der Waals surface area contributed by atoms with Crippen LogP contribution in [0.4, 0.5) is 0 Å². The van der Waals surface area contributed by atoms with E-state index in [9.17, 15) is 4.79 Å².